The Balaban J connectivity index is 1.92. The third kappa shape index (κ3) is 5.26. The molecule has 0 N–H and O–H groups in total. The molecule has 0 radical (unpaired) electrons. The molecule has 0 fully saturated rings. The third-order valence-corrected chi connectivity index (χ3v) is 7.01. The molecule has 0 spiro atoms. The molecule has 160 valence electrons. The lowest BCUT2D eigenvalue weighted by Gasteiger charge is -2.17. The van der Waals surface area contributed by atoms with E-state index in [4.69, 9.17) is 0 Å². The van der Waals surface area contributed by atoms with Crippen LogP contribution < -0.4 is 0 Å². The molecule has 0 saturated carbocycles. The molecule has 32 heavy (non-hydrogen) atoms. The van der Waals surface area contributed by atoms with Gasteiger partial charge in [-0.3, -0.25) is 0 Å². The minimum atomic E-state index is -0.686. The Morgan fingerprint density at radius 3 is 1.19 bits per heavy atom. The molecule has 6 heteroatoms. The first-order valence-corrected chi connectivity index (χ1v) is 11.3. The highest BCUT2D eigenvalue weighted by molar-refractivity contribution is 8.13. The summed E-state index contributed by atoms with van der Waals surface area (Å²) in [5.41, 5.74) is 1.57. The van der Waals surface area contributed by atoms with E-state index in [1.54, 1.807) is 0 Å². The van der Waals surface area contributed by atoms with E-state index in [9.17, 15) is 17.6 Å². The van der Waals surface area contributed by atoms with E-state index < -0.39 is 23.3 Å². The summed E-state index contributed by atoms with van der Waals surface area (Å²) < 4.78 is 56.0. The van der Waals surface area contributed by atoms with Crippen LogP contribution in [0.15, 0.2) is 107 Å². The predicted molar refractivity (Wildman–Crippen MR) is 124 cm³/mol. The standard InChI is InChI=1S/C26H16F4S2/c27-19-11-13-23(21(29)15-19)31-25(17-7-3-1-4-8-17)26(18-9-5-2-6-10-18)32-24-14-12-20(28)16-22(24)30/h1-16H/b26-25+. The summed E-state index contributed by atoms with van der Waals surface area (Å²) in [5.74, 6) is -2.70. The predicted octanol–water partition coefficient (Wildman–Crippen LogP) is 8.65. The Morgan fingerprint density at radius 2 is 0.844 bits per heavy atom. The molecule has 0 aromatic heterocycles. The molecule has 0 saturated heterocycles. The summed E-state index contributed by atoms with van der Waals surface area (Å²) in [6.07, 6.45) is 0. The zero-order valence-corrected chi connectivity index (χ0v) is 18.2. The normalized spacial score (nSPS) is 11.9. The molecular weight excluding hydrogens is 452 g/mol. The number of rotatable bonds is 6. The van der Waals surface area contributed by atoms with Gasteiger partial charge in [0, 0.05) is 31.7 Å². The lowest BCUT2D eigenvalue weighted by Crippen LogP contribution is -1.92. The van der Waals surface area contributed by atoms with Crippen molar-refractivity contribution < 1.29 is 17.6 Å². The van der Waals surface area contributed by atoms with Crippen LogP contribution in [0.1, 0.15) is 11.1 Å². The molecule has 0 bridgehead atoms. The van der Waals surface area contributed by atoms with Gasteiger partial charge in [-0.05, 0) is 35.4 Å². The average molecular weight is 469 g/mol. The summed E-state index contributed by atoms with van der Waals surface area (Å²) in [5, 5.41) is 0. The van der Waals surface area contributed by atoms with E-state index in [1.165, 1.54) is 24.3 Å². The van der Waals surface area contributed by atoms with Crippen LogP contribution in [0.3, 0.4) is 0 Å². The van der Waals surface area contributed by atoms with Gasteiger partial charge in [-0.2, -0.15) is 0 Å². The van der Waals surface area contributed by atoms with Crippen LogP contribution in [0.4, 0.5) is 17.6 Å². The Labute approximate surface area is 192 Å². The van der Waals surface area contributed by atoms with Gasteiger partial charge in [0.05, 0.1) is 0 Å². The highest BCUT2D eigenvalue weighted by atomic mass is 32.2. The molecule has 4 aromatic rings. The maximum absolute atomic E-state index is 14.5. The first-order valence-electron chi connectivity index (χ1n) is 9.62. The van der Waals surface area contributed by atoms with Crippen LogP contribution in [-0.4, -0.2) is 0 Å². The lowest BCUT2D eigenvalue weighted by atomic mass is 10.1. The van der Waals surface area contributed by atoms with Crippen molar-refractivity contribution >= 4 is 33.3 Å². The van der Waals surface area contributed by atoms with Crippen LogP contribution in [0, 0.1) is 23.3 Å². The smallest absolute Gasteiger partial charge is 0.140 e. The van der Waals surface area contributed by atoms with Crippen molar-refractivity contribution in [3.63, 3.8) is 0 Å². The molecule has 0 aliphatic carbocycles. The largest absolute Gasteiger partial charge is 0.207 e. The molecule has 0 unspecified atom stereocenters. The first-order chi connectivity index (χ1) is 15.5. The van der Waals surface area contributed by atoms with Crippen LogP contribution in [-0.2, 0) is 0 Å². The second-order valence-corrected chi connectivity index (χ2v) is 8.85. The second kappa shape index (κ2) is 10.1. The fraction of sp³-hybridized carbons (Fsp3) is 0. The van der Waals surface area contributed by atoms with Crippen molar-refractivity contribution in [1.29, 1.82) is 0 Å². The summed E-state index contributed by atoms with van der Waals surface area (Å²) in [7, 11) is 0. The van der Waals surface area contributed by atoms with E-state index in [-0.39, 0.29) is 9.79 Å². The van der Waals surface area contributed by atoms with E-state index in [1.807, 2.05) is 60.7 Å². The summed E-state index contributed by atoms with van der Waals surface area (Å²) in [6.45, 7) is 0. The van der Waals surface area contributed by atoms with Crippen molar-refractivity contribution in [2.24, 2.45) is 0 Å². The van der Waals surface area contributed by atoms with Crippen LogP contribution >= 0.6 is 23.5 Å². The molecule has 4 aromatic carbocycles. The van der Waals surface area contributed by atoms with Gasteiger partial charge in [-0.25, -0.2) is 17.6 Å². The summed E-state index contributed by atoms with van der Waals surface area (Å²) >= 11 is 2.26. The quantitative estimate of drug-likeness (QED) is 0.158. The number of halogens is 4. The minimum Gasteiger partial charge on any atom is -0.207 e. The van der Waals surface area contributed by atoms with Crippen molar-refractivity contribution in [1.82, 2.24) is 0 Å². The number of hydrogen-bond donors (Lipinski definition) is 0. The molecule has 0 amide bonds. The molecule has 0 atom stereocenters. The van der Waals surface area contributed by atoms with Gasteiger partial charge in [0.1, 0.15) is 23.3 Å². The fourth-order valence-electron chi connectivity index (χ4n) is 2.99. The SMILES string of the molecule is Fc1ccc(S/C(=C(/Sc2ccc(F)cc2F)c2ccccc2)c2ccccc2)c(F)c1. The Hall–Kier alpha value is -2.96. The summed E-state index contributed by atoms with van der Waals surface area (Å²) in [6, 6.07) is 25.4. The summed E-state index contributed by atoms with van der Waals surface area (Å²) in [4.78, 5) is 1.80. The Bertz CT molecular complexity index is 1160. The van der Waals surface area contributed by atoms with Crippen LogP contribution in [0.2, 0.25) is 0 Å². The molecule has 0 aliphatic heterocycles. The van der Waals surface area contributed by atoms with Crippen molar-refractivity contribution in [2.75, 3.05) is 0 Å². The van der Waals surface area contributed by atoms with Gasteiger partial charge in [0.25, 0.3) is 0 Å². The van der Waals surface area contributed by atoms with E-state index >= 15 is 0 Å². The van der Waals surface area contributed by atoms with E-state index in [0.29, 0.717) is 9.81 Å². The minimum absolute atomic E-state index is 0.235. The molecule has 0 heterocycles. The fourth-order valence-corrected chi connectivity index (χ4v) is 5.19. The highest BCUT2D eigenvalue weighted by Gasteiger charge is 2.18. The van der Waals surface area contributed by atoms with Crippen molar-refractivity contribution in [2.45, 2.75) is 9.79 Å². The first kappa shape index (κ1) is 22.2. The molecule has 4 rings (SSSR count). The van der Waals surface area contributed by atoms with Gasteiger partial charge in [-0.15, -0.1) is 0 Å². The lowest BCUT2D eigenvalue weighted by molar-refractivity contribution is 0.565. The Morgan fingerprint density at radius 1 is 0.469 bits per heavy atom. The van der Waals surface area contributed by atoms with Crippen molar-refractivity contribution in [3.8, 4) is 0 Å². The average Bonchev–Trinajstić information content (AvgIpc) is 2.80. The highest BCUT2D eigenvalue weighted by Crippen LogP contribution is 2.48. The topological polar surface area (TPSA) is 0 Å². The zero-order chi connectivity index (χ0) is 22.5. The van der Waals surface area contributed by atoms with Crippen molar-refractivity contribution in [3.05, 3.63) is 131 Å². The van der Waals surface area contributed by atoms with Crippen LogP contribution in [0.5, 0.6) is 0 Å². The third-order valence-electron chi connectivity index (χ3n) is 4.49. The van der Waals surface area contributed by atoms with E-state index in [2.05, 4.69) is 0 Å². The van der Waals surface area contributed by atoms with E-state index in [0.717, 1.165) is 46.8 Å². The molecule has 0 aliphatic rings. The molecule has 0 nitrogen and oxygen atoms in total. The maximum Gasteiger partial charge on any atom is 0.140 e. The van der Waals surface area contributed by atoms with Crippen LogP contribution in [0.25, 0.3) is 9.81 Å². The number of thioether (sulfide) groups is 2. The monoisotopic (exact) mass is 468 g/mol. The van der Waals surface area contributed by atoms with Gasteiger partial charge in [-0.1, -0.05) is 84.2 Å². The Kier molecular flexibility index (Phi) is 7.02. The molecular formula is C26H16F4S2. The number of hydrogen-bond acceptors (Lipinski definition) is 2. The number of benzene rings is 4. The zero-order valence-electron chi connectivity index (χ0n) is 16.6. The second-order valence-electron chi connectivity index (χ2n) is 6.74. The van der Waals surface area contributed by atoms with Gasteiger partial charge in [0.15, 0.2) is 0 Å². The van der Waals surface area contributed by atoms with Gasteiger partial charge in [0.2, 0.25) is 0 Å². The van der Waals surface area contributed by atoms with Gasteiger partial charge >= 0.3 is 0 Å². The van der Waals surface area contributed by atoms with Gasteiger partial charge < -0.3 is 0 Å². The maximum atomic E-state index is 14.5.